The van der Waals surface area contributed by atoms with Gasteiger partial charge in [0.15, 0.2) is 0 Å². The molecule has 222 valence electrons. The van der Waals surface area contributed by atoms with Gasteiger partial charge in [-0.05, 0) is 80.9 Å². The first-order chi connectivity index (χ1) is 20.8. The molecule has 0 bridgehead atoms. The third kappa shape index (κ3) is 8.04. The second-order valence-corrected chi connectivity index (χ2v) is 10.5. The molecule has 0 unspecified atom stereocenters. The maximum Gasteiger partial charge on any atom is 0.509 e. The number of hydrogen-bond acceptors (Lipinski definition) is 10. The molecular weight excluding hydrogens is 546 g/mol. The molecule has 11 heteroatoms. The first kappa shape index (κ1) is 29.5. The fourth-order valence-corrected chi connectivity index (χ4v) is 4.58. The Morgan fingerprint density at radius 2 is 1.77 bits per heavy atom. The number of nitrogens with one attached hydrogen (secondary N) is 2. The van der Waals surface area contributed by atoms with Crippen molar-refractivity contribution in [2.45, 2.75) is 26.9 Å². The molecule has 1 aliphatic rings. The quantitative estimate of drug-likeness (QED) is 0.246. The molecule has 43 heavy (non-hydrogen) atoms. The van der Waals surface area contributed by atoms with Crippen molar-refractivity contribution >= 4 is 35.1 Å². The molecule has 0 atom stereocenters. The zero-order chi connectivity index (χ0) is 30.2. The van der Waals surface area contributed by atoms with E-state index in [2.05, 4.69) is 35.4 Å². The van der Waals surface area contributed by atoms with E-state index in [-0.39, 0.29) is 18.7 Å². The number of amides is 1. The Bertz CT molecular complexity index is 1540. The molecule has 1 amide bonds. The summed E-state index contributed by atoms with van der Waals surface area (Å²) in [7, 11) is 0. The van der Waals surface area contributed by atoms with E-state index in [0.717, 1.165) is 54.4 Å². The Hall–Kier alpha value is -5.03. The minimum Gasteiger partial charge on any atom is -0.432 e. The van der Waals surface area contributed by atoms with Gasteiger partial charge in [0.1, 0.15) is 6.73 Å². The smallest absolute Gasteiger partial charge is 0.432 e. The SMILES string of the molecule is Cc1ccc(NC(=O)c2ccc(N3CCN(COC(=O)OC(C)C)CC3)cc2)cc1Nc1nccc(-c2cccnc2)n1. The minimum absolute atomic E-state index is 0.202. The first-order valence-electron chi connectivity index (χ1n) is 14.2. The number of carbonyl (C=O) groups is 2. The molecule has 0 saturated carbocycles. The Morgan fingerprint density at radius 3 is 2.49 bits per heavy atom. The zero-order valence-corrected chi connectivity index (χ0v) is 24.5. The van der Waals surface area contributed by atoms with Gasteiger partial charge in [-0.1, -0.05) is 6.07 Å². The van der Waals surface area contributed by atoms with Crippen molar-refractivity contribution in [2.75, 3.05) is 48.4 Å². The van der Waals surface area contributed by atoms with Gasteiger partial charge >= 0.3 is 6.16 Å². The van der Waals surface area contributed by atoms with Gasteiger partial charge < -0.3 is 25.0 Å². The van der Waals surface area contributed by atoms with Gasteiger partial charge in [-0.3, -0.25) is 14.7 Å². The second-order valence-electron chi connectivity index (χ2n) is 10.5. The number of nitrogens with zero attached hydrogens (tertiary/aromatic N) is 5. The van der Waals surface area contributed by atoms with E-state index in [1.54, 1.807) is 32.4 Å². The first-order valence-corrected chi connectivity index (χ1v) is 14.2. The highest BCUT2D eigenvalue weighted by atomic mass is 16.7. The molecule has 1 saturated heterocycles. The average Bonchev–Trinajstić information content (AvgIpc) is 3.02. The van der Waals surface area contributed by atoms with Crippen LogP contribution in [0.2, 0.25) is 0 Å². The van der Waals surface area contributed by atoms with Gasteiger partial charge in [0, 0.05) is 73.0 Å². The summed E-state index contributed by atoms with van der Waals surface area (Å²) in [6.07, 6.45) is 4.32. The van der Waals surface area contributed by atoms with Crippen molar-refractivity contribution in [3.63, 3.8) is 0 Å². The average molecular weight is 582 g/mol. The van der Waals surface area contributed by atoms with Crippen LogP contribution < -0.4 is 15.5 Å². The van der Waals surface area contributed by atoms with Crippen LogP contribution in [0.1, 0.15) is 29.8 Å². The van der Waals surface area contributed by atoms with Crippen LogP contribution in [-0.2, 0) is 9.47 Å². The molecule has 4 aromatic rings. The zero-order valence-electron chi connectivity index (χ0n) is 24.5. The second kappa shape index (κ2) is 13.8. The lowest BCUT2D eigenvalue weighted by molar-refractivity contribution is -0.00199. The van der Waals surface area contributed by atoms with E-state index in [1.807, 2.05) is 67.6 Å². The molecule has 0 aliphatic carbocycles. The highest BCUT2D eigenvalue weighted by Crippen LogP contribution is 2.25. The summed E-state index contributed by atoms with van der Waals surface area (Å²) in [6.45, 7) is 8.82. The van der Waals surface area contributed by atoms with E-state index in [0.29, 0.717) is 17.2 Å². The summed E-state index contributed by atoms with van der Waals surface area (Å²) >= 11 is 0. The van der Waals surface area contributed by atoms with Crippen molar-refractivity contribution in [3.8, 4) is 11.3 Å². The molecule has 11 nitrogen and oxygen atoms in total. The van der Waals surface area contributed by atoms with Crippen LogP contribution in [0.15, 0.2) is 79.3 Å². The third-order valence-corrected chi connectivity index (χ3v) is 6.92. The standard InChI is InChI=1S/C32H35N7O4/c1-22(2)43-32(41)42-21-38-15-17-39(18-16-38)27-10-7-24(8-11-27)30(40)35-26-9-6-23(3)29(19-26)37-31-34-14-12-28(36-31)25-5-4-13-33-20-25/h4-14,19-20,22H,15-18,21H2,1-3H3,(H,35,40)(H,34,36,37). The van der Waals surface area contributed by atoms with Gasteiger partial charge in [0.05, 0.1) is 11.8 Å². The van der Waals surface area contributed by atoms with Crippen LogP contribution in [0.4, 0.5) is 27.8 Å². The fourth-order valence-electron chi connectivity index (χ4n) is 4.58. The van der Waals surface area contributed by atoms with E-state index in [1.165, 1.54) is 0 Å². The Morgan fingerprint density at radius 1 is 0.977 bits per heavy atom. The van der Waals surface area contributed by atoms with E-state index in [9.17, 15) is 9.59 Å². The highest BCUT2D eigenvalue weighted by molar-refractivity contribution is 6.04. The largest absolute Gasteiger partial charge is 0.509 e. The van der Waals surface area contributed by atoms with Gasteiger partial charge in [0.25, 0.3) is 5.91 Å². The van der Waals surface area contributed by atoms with Gasteiger partial charge in [-0.2, -0.15) is 0 Å². The maximum atomic E-state index is 13.1. The molecule has 5 rings (SSSR count). The number of aryl methyl sites for hydroxylation is 1. The van der Waals surface area contributed by atoms with Gasteiger partial charge in [-0.25, -0.2) is 14.8 Å². The van der Waals surface area contributed by atoms with E-state index in [4.69, 9.17) is 9.47 Å². The summed E-state index contributed by atoms with van der Waals surface area (Å²) in [5.41, 5.74) is 5.68. The topological polar surface area (TPSA) is 122 Å². The molecule has 1 aliphatic heterocycles. The van der Waals surface area contributed by atoms with Crippen molar-refractivity contribution < 1.29 is 19.1 Å². The lowest BCUT2D eigenvalue weighted by atomic mass is 10.1. The lowest BCUT2D eigenvalue weighted by Gasteiger charge is -2.35. The molecule has 0 spiro atoms. The van der Waals surface area contributed by atoms with Crippen molar-refractivity contribution in [2.24, 2.45) is 0 Å². The molecule has 1 fully saturated rings. The maximum absolute atomic E-state index is 13.1. The van der Waals surface area contributed by atoms with Crippen LogP contribution in [0.5, 0.6) is 0 Å². The van der Waals surface area contributed by atoms with Gasteiger partial charge in [-0.15, -0.1) is 0 Å². The lowest BCUT2D eigenvalue weighted by Crippen LogP contribution is -2.47. The fraction of sp³-hybridized carbons (Fsp3) is 0.281. The Balaban J connectivity index is 1.15. The number of anilines is 4. The van der Waals surface area contributed by atoms with E-state index < -0.39 is 6.16 Å². The van der Waals surface area contributed by atoms with Crippen LogP contribution in [0, 0.1) is 6.92 Å². The van der Waals surface area contributed by atoms with Gasteiger partial charge in [0.2, 0.25) is 5.95 Å². The number of ether oxygens (including phenoxy) is 2. The highest BCUT2D eigenvalue weighted by Gasteiger charge is 2.19. The number of hydrogen-bond donors (Lipinski definition) is 2. The molecule has 2 N–H and O–H groups in total. The number of piperazine rings is 1. The predicted molar refractivity (Wildman–Crippen MR) is 165 cm³/mol. The van der Waals surface area contributed by atoms with Crippen molar-refractivity contribution in [1.82, 2.24) is 19.9 Å². The number of carbonyl (C=O) groups excluding carboxylic acids is 2. The Labute approximate surface area is 250 Å². The summed E-state index contributed by atoms with van der Waals surface area (Å²) < 4.78 is 10.2. The number of pyridine rings is 1. The predicted octanol–water partition coefficient (Wildman–Crippen LogP) is 5.48. The van der Waals surface area contributed by atoms with Crippen LogP contribution in [0.25, 0.3) is 11.3 Å². The van der Waals surface area contributed by atoms with Crippen LogP contribution >= 0.6 is 0 Å². The van der Waals surface area contributed by atoms with Crippen LogP contribution in [0.3, 0.4) is 0 Å². The van der Waals surface area contributed by atoms with Crippen LogP contribution in [-0.4, -0.2) is 70.9 Å². The summed E-state index contributed by atoms with van der Waals surface area (Å²) in [4.78, 5) is 42.1. The van der Waals surface area contributed by atoms with E-state index >= 15 is 0 Å². The third-order valence-electron chi connectivity index (χ3n) is 6.92. The minimum atomic E-state index is -0.648. The Kier molecular flexibility index (Phi) is 9.42. The molecule has 2 aromatic carbocycles. The molecule has 2 aromatic heterocycles. The molecule has 0 radical (unpaired) electrons. The molecule has 3 heterocycles. The number of benzene rings is 2. The normalized spacial score (nSPS) is 13.4. The van der Waals surface area contributed by atoms with Crippen molar-refractivity contribution in [1.29, 1.82) is 0 Å². The molecular formula is C32H35N7O4. The summed E-state index contributed by atoms with van der Waals surface area (Å²) in [5.74, 6) is 0.247. The monoisotopic (exact) mass is 581 g/mol. The number of aromatic nitrogens is 3. The summed E-state index contributed by atoms with van der Waals surface area (Å²) in [5, 5.41) is 6.26. The number of rotatable bonds is 9. The van der Waals surface area contributed by atoms with Crippen molar-refractivity contribution in [3.05, 3.63) is 90.4 Å². The summed E-state index contributed by atoms with van der Waals surface area (Å²) in [6, 6.07) is 18.9.